The number of benzene rings is 1. The molecule has 1 aliphatic rings. The maximum absolute atomic E-state index is 13.3. The van der Waals surface area contributed by atoms with Crippen LogP contribution in [0.5, 0.6) is 0 Å². The molecule has 86 valence electrons. The van der Waals surface area contributed by atoms with E-state index < -0.39 is 11.9 Å². The van der Waals surface area contributed by atoms with Gasteiger partial charge in [-0.25, -0.2) is 4.39 Å². The summed E-state index contributed by atoms with van der Waals surface area (Å²) in [5.41, 5.74) is 5.98. The Morgan fingerprint density at radius 1 is 1.44 bits per heavy atom. The number of para-hydroxylation sites is 1. The van der Waals surface area contributed by atoms with E-state index >= 15 is 0 Å². The first-order valence-electron chi connectivity index (χ1n) is 5.49. The van der Waals surface area contributed by atoms with Gasteiger partial charge in [-0.05, 0) is 30.9 Å². The van der Waals surface area contributed by atoms with Crippen LogP contribution in [0.15, 0.2) is 24.3 Å². The van der Waals surface area contributed by atoms with E-state index in [-0.39, 0.29) is 17.5 Å². The molecule has 1 amide bonds. The molecule has 0 aliphatic heterocycles. The van der Waals surface area contributed by atoms with Crippen LogP contribution in [0.2, 0.25) is 0 Å². The molecule has 1 fully saturated rings. The number of carbonyl (C=O) groups excluding carboxylic acids is 1. The Bertz CT molecular complexity index is 390. The van der Waals surface area contributed by atoms with E-state index in [1.807, 2.05) is 0 Å². The van der Waals surface area contributed by atoms with Gasteiger partial charge in [0.15, 0.2) is 0 Å². The molecule has 0 radical (unpaired) electrons. The van der Waals surface area contributed by atoms with Crippen molar-refractivity contribution in [1.82, 2.24) is 0 Å². The maximum Gasteiger partial charge on any atom is 0.241 e. The van der Waals surface area contributed by atoms with Gasteiger partial charge < -0.3 is 11.1 Å². The molecule has 0 spiro atoms. The van der Waals surface area contributed by atoms with Gasteiger partial charge in [-0.2, -0.15) is 0 Å². The molecule has 1 aromatic carbocycles. The number of amides is 1. The van der Waals surface area contributed by atoms with Gasteiger partial charge in [0, 0.05) is 0 Å². The van der Waals surface area contributed by atoms with Gasteiger partial charge in [0.1, 0.15) is 5.82 Å². The van der Waals surface area contributed by atoms with Crippen LogP contribution in [0.25, 0.3) is 0 Å². The van der Waals surface area contributed by atoms with Gasteiger partial charge in [-0.1, -0.05) is 18.6 Å². The average molecular weight is 222 g/mol. The molecule has 16 heavy (non-hydrogen) atoms. The zero-order valence-electron chi connectivity index (χ0n) is 8.95. The summed E-state index contributed by atoms with van der Waals surface area (Å²) in [5, 5.41) is 2.52. The Morgan fingerprint density at radius 3 is 2.69 bits per heavy atom. The zero-order chi connectivity index (χ0) is 11.5. The molecule has 1 aromatic rings. The van der Waals surface area contributed by atoms with Crippen molar-refractivity contribution in [2.75, 3.05) is 5.32 Å². The molecule has 0 saturated heterocycles. The van der Waals surface area contributed by atoms with Crippen LogP contribution in [0.3, 0.4) is 0 Å². The number of nitrogens with two attached hydrogens (primary N) is 1. The minimum Gasteiger partial charge on any atom is -0.322 e. The van der Waals surface area contributed by atoms with Crippen molar-refractivity contribution in [3.8, 4) is 0 Å². The predicted octanol–water partition coefficient (Wildman–Crippen LogP) is 1.89. The monoisotopic (exact) mass is 222 g/mol. The molecule has 1 unspecified atom stereocenters. The van der Waals surface area contributed by atoms with E-state index in [0.29, 0.717) is 0 Å². The lowest BCUT2D eigenvalue weighted by Gasteiger charge is -2.30. The lowest BCUT2D eigenvalue weighted by atomic mass is 9.80. The van der Waals surface area contributed by atoms with E-state index in [2.05, 4.69) is 5.32 Å². The van der Waals surface area contributed by atoms with Gasteiger partial charge in [0.05, 0.1) is 11.7 Å². The van der Waals surface area contributed by atoms with Gasteiger partial charge in [-0.15, -0.1) is 0 Å². The highest BCUT2D eigenvalue weighted by atomic mass is 19.1. The zero-order valence-corrected chi connectivity index (χ0v) is 8.95. The van der Waals surface area contributed by atoms with E-state index in [1.165, 1.54) is 12.1 Å². The Labute approximate surface area is 93.8 Å². The first-order valence-corrected chi connectivity index (χ1v) is 5.49. The molecule has 0 bridgehead atoms. The molecular formula is C12H15FN2O. The summed E-state index contributed by atoms with van der Waals surface area (Å²) in [6, 6.07) is 5.57. The van der Waals surface area contributed by atoms with Crippen LogP contribution in [0, 0.1) is 11.7 Å². The molecule has 1 saturated carbocycles. The van der Waals surface area contributed by atoms with Crippen LogP contribution >= 0.6 is 0 Å². The Kier molecular flexibility index (Phi) is 3.19. The molecular weight excluding hydrogens is 207 g/mol. The van der Waals surface area contributed by atoms with Crippen molar-refractivity contribution in [2.45, 2.75) is 25.3 Å². The summed E-state index contributed by atoms with van der Waals surface area (Å²) >= 11 is 0. The highest BCUT2D eigenvalue weighted by Gasteiger charge is 2.29. The molecule has 0 heterocycles. The van der Waals surface area contributed by atoms with Crippen molar-refractivity contribution in [3.05, 3.63) is 30.1 Å². The SMILES string of the molecule is NC(C(=O)Nc1ccccc1F)C1CCC1. The Morgan fingerprint density at radius 2 is 2.12 bits per heavy atom. The molecule has 2 rings (SSSR count). The molecule has 0 aromatic heterocycles. The fourth-order valence-corrected chi connectivity index (χ4v) is 1.79. The third-order valence-corrected chi connectivity index (χ3v) is 3.09. The summed E-state index contributed by atoms with van der Waals surface area (Å²) in [4.78, 5) is 11.7. The third-order valence-electron chi connectivity index (χ3n) is 3.09. The Hall–Kier alpha value is -1.42. The molecule has 3 N–H and O–H groups in total. The summed E-state index contributed by atoms with van der Waals surface area (Å²) < 4.78 is 13.3. The highest BCUT2D eigenvalue weighted by Crippen LogP contribution is 2.29. The average Bonchev–Trinajstić information content (AvgIpc) is 2.18. The van der Waals surface area contributed by atoms with E-state index in [9.17, 15) is 9.18 Å². The summed E-state index contributed by atoms with van der Waals surface area (Å²) in [6.07, 6.45) is 3.11. The van der Waals surface area contributed by atoms with Crippen LogP contribution in [-0.4, -0.2) is 11.9 Å². The van der Waals surface area contributed by atoms with Crippen LogP contribution < -0.4 is 11.1 Å². The van der Waals surface area contributed by atoms with Gasteiger partial charge in [-0.3, -0.25) is 4.79 Å². The molecule has 1 aliphatic carbocycles. The lowest BCUT2D eigenvalue weighted by Crippen LogP contribution is -2.44. The molecule has 1 atom stereocenters. The molecule has 3 nitrogen and oxygen atoms in total. The smallest absolute Gasteiger partial charge is 0.241 e. The minimum atomic E-state index is -0.520. The van der Waals surface area contributed by atoms with Gasteiger partial charge in [0.25, 0.3) is 0 Å². The van der Waals surface area contributed by atoms with Gasteiger partial charge in [0.2, 0.25) is 5.91 Å². The second-order valence-corrected chi connectivity index (χ2v) is 4.19. The topological polar surface area (TPSA) is 55.1 Å². The van der Waals surface area contributed by atoms with Crippen molar-refractivity contribution in [3.63, 3.8) is 0 Å². The largest absolute Gasteiger partial charge is 0.322 e. The van der Waals surface area contributed by atoms with Crippen LogP contribution in [-0.2, 0) is 4.79 Å². The fraction of sp³-hybridized carbons (Fsp3) is 0.417. The van der Waals surface area contributed by atoms with Crippen molar-refractivity contribution in [2.24, 2.45) is 11.7 Å². The number of hydrogen-bond acceptors (Lipinski definition) is 2. The van der Waals surface area contributed by atoms with Crippen LogP contribution in [0.4, 0.5) is 10.1 Å². The number of halogens is 1. The second-order valence-electron chi connectivity index (χ2n) is 4.19. The Balaban J connectivity index is 1.99. The summed E-state index contributed by atoms with van der Waals surface area (Å²) in [7, 11) is 0. The number of carbonyl (C=O) groups is 1. The molecule has 4 heteroatoms. The third kappa shape index (κ3) is 2.22. The van der Waals surface area contributed by atoms with Crippen LogP contribution in [0.1, 0.15) is 19.3 Å². The number of rotatable bonds is 3. The van der Waals surface area contributed by atoms with E-state index in [1.54, 1.807) is 12.1 Å². The lowest BCUT2D eigenvalue weighted by molar-refractivity contribution is -0.119. The standard InChI is InChI=1S/C12H15FN2O/c13-9-6-1-2-7-10(9)15-12(16)11(14)8-4-3-5-8/h1-2,6-8,11H,3-5,14H2,(H,15,16). The van der Waals surface area contributed by atoms with Crippen molar-refractivity contribution >= 4 is 11.6 Å². The highest BCUT2D eigenvalue weighted by molar-refractivity contribution is 5.95. The first kappa shape index (κ1) is 11.1. The summed E-state index contributed by atoms with van der Waals surface area (Å²) in [6.45, 7) is 0. The number of anilines is 1. The fourth-order valence-electron chi connectivity index (χ4n) is 1.79. The van der Waals surface area contributed by atoms with Gasteiger partial charge >= 0.3 is 0 Å². The maximum atomic E-state index is 13.3. The quantitative estimate of drug-likeness (QED) is 0.820. The first-order chi connectivity index (χ1) is 7.68. The van der Waals surface area contributed by atoms with E-state index in [4.69, 9.17) is 5.73 Å². The summed E-state index contributed by atoms with van der Waals surface area (Å²) in [5.74, 6) is -0.474. The van der Waals surface area contributed by atoms with Crippen molar-refractivity contribution in [1.29, 1.82) is 0 Å². The number of hydrogen-bond donors (Lipinski definition) is 2. The minimum absolute atomic E-state index is 0.197. The van der Waals surface area contributed by atoms with E-state index in [0.717, 1.165) is 19.3 Å². The number of nitrogens with one attached hydrogen (secondary N) is 1. The second kappa shape index (κ2) is 4.61. The predicted molar refractivity (Wildman–Crippen MR) is 60.3 cm³/mol. The normalized spacial score (nSPS) is 17.6. The van der Waals surface area contributed by atoms with Crippen molar-refractivity contribution < 1.29 is 9.18 Å².